The fourth-order valence-electron chi connectivity index (χ4n) is 3.53. The third kappa shape index (κ3) is 4.90. The summed E-state index contributed by atoms with van der Waals surface area (Å²) >= 11 is 6.26. The maximum Gasteiger partial charge on any atom is 0.326 e. The number of thioether (sulfide) groups is 1. The minimum atomic E-state index is -0.278. The first kappa shape index (κ1) is 22.0. The van der Waals surface area contributed by atoms with Gasteiger partial charge in [0.15, 0.2) is 0 Å². The van der Waals surface area contributed by atoms with E-state index in [2.05, 4.69) is 10.6 Å². The van der Waals surface area contributed by atoms with Crippen molar-refractivity contribution in [1.29, 1.82) is 0 Å². The van der Waals surface area contributed by atoms with E-state index in [1.54, 1.807) is 41.3 Å². The number of hydrogen-bond acceptors (Lipinski definition) is 6. The van der Waals surface area contributed by atoms with E-state index >= 15 is 0 Å². The monoisotopic (exact) mass is 489 g/mol. The molecule has 5 rings (SSSR count). The van der Waals surface area contributed by atoms with Gasteiger partial charge < -0.3 is 20.1 Å². The number of carbonyl (C=O) groups is 2. The Labute approximate surface area is 205 Å². The summed E-state index contributed by atoms with van der Waals surface area (Å²) in [4.78, 5) is 27.2. The fraction of sp³-hybridized carbons (Fsp3) is 0.0800. The summed E-state index contributed by atoms with van der Waals surface area (Å²) in [6.45, 7) is 0.782. The molecule has 2 N–H and O–H groups in total. The molecule has 1 fully saturated rings. The molecule has 2 aliphatic heterocycles. The number of carbonyl (C=O) groups excluding carboxylic acids is 2. The molecule has 0 spiro atoms. The molecule has 0 saturated carbocycles. The number of thiocarbonyl (C=S) groups is 1. The number of nitrogens with zero attached hydrogens (tertiary/aromatic N) is 1. The van der Waals surface area contributed by atoms with Crippen LogP contribution in [0.1, 0.15) is 5.56 Å². The van der Waals surface area contributed by atoms with Crippen molar-refractivity contribution in [3.05, 3.63) is 83.3 Å². The second-order valence-corrected chi connectivity index (χ2v) is 9.17. The molecule has 2 aliphatic rings. The van der Waals surface area contributed by atoms with Crippen molar-refractivity contribution in [3.8, 4) is 17.2 Å². The van der Waals surface area contributed by atoms with E-state index in [4.69, 9.17) is 21.7 Å². The molecule has 7 nitrogen and oxygen atoms in total. The Hall–Kier alpha value is -3.82. The number of para-hydroxylation sites is 1. The molecular weight excluding hydrogens is 470 g/mol. The van der Waals surface area contributed by atoms with Crippen LogP contribution >= 0.6 is 24.0 Å². The van der Waals surface area contributed by atoms with Gasteiger partial charge in [-0.1, -0.05) is 48.2 Å². The summed E-state index contributed by atoms with van der Waals surface area (Å²) in [5, 5.41) is 5.52. The Morgan fingerprint density at radius 2 is 1.85 bits per heavy atom. The smallest absolute Gasteiger partial charge is 0.326 e. The summed E-state index contributed by atoms with van der Waals surface area (Å²) in [7, 11) is 0. The van der Waals surface area contributed by atoms with E-state index in [1.165, 1.54) is 11.8 Å². The predicted octanol–water partition coefficient (Wildman–Crippen LogP) is 5.40. The van der Waals surface area contributed by atoms with Gasteiger partial charge in [0, 0.05) is 5.69 Å². The van der Waals surface area contributed by atoms with E-state index < -0.39 is 0 Å². The van der Waals surface area contributed by atoms with Crippen molar-refractivity contribution in [1.82, 2.24) is 5.32 Å². The number of anilines is 2. The second-order valence-electron chi connectivity index (χ2n) is 7.45. The van der Waals surface area contributed by atoms with Crippen LogP contribution in [0.25, 0.3) is 6.08 Å². The van der Waals surface area contributed by atoms with Crippen LogP contribution in [-0.2, 0) is 4.79 Å². The lowest BCUT2D eigenvalue weighted by Crippen LogP contribution is -2.40. The summed E-state index contributed by atoms with van der Waals surface area (Å²) in [6, 6.07) is 21.9. The van der Waals surface area contributed by atoms with Gasteiger partial charge in [0.2, 0.25) is 0 Å². The van der Waals surface area contributed by atoms with Crippen LogP contribution in [0.15, 0.2) is 77.7 Å². The SMILES string of the molecule is O=C1NC(=S)SC1=Cc1ccc2c(c1)N(C(=O)Nc1ccc(Oc3ccccc3)cc1)CCO2. The van der Waals surface area contributed by atoms with Crippen LogP contribution in [0.3, 0.4) is 0 Å². The van der Waals surface area contributed by atoms with E-state index in [0.717, 1.165) is 11.3 Å². The molecule has 0 atom stereocenters. The lowest BCUT2D eigenvalue weighted by Gasteiger charge is -2.30. The molecule has 0 aromatic heterocycles. The highest BCUT2D eigenvalue weighted by molar-refractivity contribution is 8.26. The van der Waals surface area contributed by atoms with Crippen molar-refractivity contribution in [2.24, 2.45) is 0 Å². The Morgan fingerprint density at radius 3 is 2.59 bits per heavy atom. The Bertz CT molecular complexity index is 1290. The van der Waals surface area contributed by atoms with E-state index in [1.807, 2.05) is 42.5 Å². The minimum absolute atomic E-state index is 0.224. The van der Waals surface area contributed by atoms with Crippen molar-refractivity contribution >= 4 is 57.7 Å². The molecule has 3 aromatic carbocycles. The van der Waals surface area contributed by atoms with Crippen molar-refractivity contribution < 1.29 is 19.1 Å². The van der Waals surface area contributed by atoms with Gasteiger partial charge in [-0.3, -0.25) is 9.69 Å². The summed E-state index contributed by atoms with van der Waals surface area (Å²) in [6.07, 6.45) is 1.75. The quantitative estimate of drug-likeness (QED) is 0.377. The molecule has 3 amide bonds. The highest BCUT2D eigenvalue weighted by atomic mass is 32.2. The highest BCUT2D eigenvalue weighted by Gasteiger charge is 2.25. The molecule has 1 saturated heterocycles. The normalized spacial score (nSPS) is 16.0. The Balaban J connectivity index is 1.31. The van der Waals surface area contributed by atoms with Gasteiger partial charge in [-0.05, 0) is 60.2 Å². The number of nitrogens with one attached hydrogen (secondary N) is 2. The second kappa shape index (κ2) is 9.58. The summed E-state index contributed by atoms with van der Waals surface area (Å²) < 4.78 is 12.0. The first-order valence-corrected chi connectivity index (χ1v) is 11.7. The van der Waals surface area contributed by atoms with Crippen LogP contribution in [0.2, 0.25) is 0 Å². The van der Waals surface area contributed by atoms with E-state index in [0.29, 0.717) is 45.3 Å². The number of ether oxygens (including phenoxy) is 2. The third-order valence-electron chi connectivity index (χ3n) is 5.12. The first-order valence-electron chi connectivity index (χ1n) is 10.5. The Kier molecular flexibility index (Phi) is 6.20. The van der Waals surface area contributed by atoms with Crippen LogP contribution in [0.5, 0.6) is 17.2 Å². The van der Waals surface area contributed by atoms with Gasteiger partial charge in [0.25, 0.3) is 5.91 Å². The minimum Gasteiger partial charge on any atom is -0.490 e. The lowest BCUT2D eigenvalue weighted by molar-refractivity contribution is -0.115. The average Bonchev–Trinajstić information content (AvgIpc) is 3.16. The van der Waals surface area contributed by atoms with Gasteiger partial charge in [0.1, 0.15) is 28.2 Å². The van der Waals surface area contributed by atoms with Crippen molar-refractivity contribution in [2.75, 3.05) is 23.4 Å². The number of fused-ring (bicyclic) bond motifs is 1. The maximum absolute atomic E-state index is 13.1. The van der Waals surface area contributed by atoms with Gasteiger partial charge in [0.05, 0.1) is 17.1 Å². The average molecular weight is 490 g/mol. The zero-order chi connectivity index (χ0) is 23.5. The molecule has 0 bridgehead atoms. The molecule has 34 heavy (non-hydrogen) atoms. The van der Waals surface area contributed by atoms with Crippen LogP contribution in [0.4, 0.5) is 16.2 Å². The Morgan fingerprint density at radius 1 is 1.09 bits per heavy atom. The molecule has 0 aliphatic carbocycles. The number of rotatable bonds is 4. The largest absolute Gasteiger partial charge is 0.490 e. The fourth-order valence-corrected chi connectivity index (χ4v) is 4.57. The zero-order valence-electron chi connectivity index (χ0n) is 17.8. The summed E-state index contributed by atoms with van der Waals surface area (Å²) in [5.74, 6) is 1.80. The number of urea groups is 1. The molecule has 0 unspecified atom stereocenters. The third-order valence-corrected chi connectivity index (χ3v) is 6.28. The first-order chi connectivity index (χ1) is 16.5. The van der Waals surface area contributed by atoms with Gasteiger partial charge in [-0.15, -0.1) is 0 Å². The van der Waals surface area contributed by atoms with Gasteiger partial charge in [-0.25, -0.2) is 4.79 Å². The van der Waals surface area contributed by atoms with Crippen LogP contribution in [-0.4, -0.2) is 29.4 Å². The van der Waals surface area contributed by atoms with Crippen molar-refractivity contribution in [2.45, 2.75) is 0 Å². The predicted molar refractivity (Wildman–Crippen MR) is 138 cm³/mol. The zero-order valence-corrected chi connectivity index (χ0v) is 19.4. The van der Waals surface area contributed by atoms with E-state index in [9.17, 15) is 9.59 Å². The maximum atomic E-state index is 13.1. The number of benzene rings is 3. The van der Waals surface area contributed by atoms with Crippen LogP contribution < -0.4 is 25.0 Å². The lowest BCUT2D eigenvalue weighted by atomic mass is 10.1. The highest BCUT2D eigenvalue weighted by Crippen LogP contribution is 2.35. The molecular formula is C25H19N3O4S2. The van der Waals surface area contributed by atoms with Crippen molar-refractivity contribution in [3.63, 3.8) is 0 Å². The van der Waals surface area contributed by atoms with Gasteiger partial charge in [-0.2, -0.15) is 0 Å². The summed E-state index contributed by atoms with van der Waals surface area (Å²) in [5.41, 5.74) is 2.05. The topological polar surface area (TPSA) is 79.9 Å². The molecule has 9 heteroatoms. The van der Waals surface area contributed by atoms with Crippen LogP contribution in [0, 0.1) is 0 Å². The number of amides is 3. The standard InChI is InChI=1S/C25H19N3O4S2/c29-23-22(34-25(33)27-23)15-16-6-11-21-20(14-16)28(12-13-31-21)24(30)26-17-7-9-19(10-8-17)32-18-4-2-1-3-5-18/h1-11,14-15H,12-13H2,(H,26,30)(H,27,29,33). The molecule has 0 radical (unpaired) electrons. The van der Waals surface area contributed by atoms with Gasteiger partial charge >= 0.3 is 6.03 Å². The number of hydrogen-bond donors (Lipinski definition) is 2. The van der Waals surface area contributed by atoms with E-state index in [-0.39, 0.29) is 11.9 Å². The molecule has 3 aromatic rings. The molecule has 2 heterocycles. The molecule has 170 valence electrons.